The molecule has 3 amide bonds. The van der Waals surface area contributed by atoms with Crippen molar-refractivity contribution in [3.05, 3.63) is 40.5 Å². The molecule has 7 heteroatoms. The van der Waals surface area contributed by atoms with Crippen molar-refractivity contribution in [3.63, 3.8) is 0 Å². The second-order valence-electron chi connectivity index (χ2n) is 4.01. The van der Waals surface area contributed by atoms with Gasteiger partial charge in [0.05, 0.1) is 7.11 Å². The normalized spacial score (nSPS) is 16.5. The lowest BCUT2D eigenvalue weighted by molar-refractivity contribution is -0.143. The summed E-state index contributed by atoms with van der Waals surface area (Å²) in [6.07, 6.45) is 1.49. The van der Waals surface area contributed by atoms with Crippen LogP contribution in [0, 0.1) is 0 Å². The van der Waals surface area contributed by atoms with Crippen LogP contribution < -0.4 is 5.32 Å². The summed E-state index contributed by atoms with van der Waals surface area (Å²) in [6, 6.07) is 6.15. The monoisotopic (exact) mass is 294 g/mol. The summed E-state index contributed by atoms with van der Waals surface area (Å²) in [7, 11) is 1.18. The smallest absolute Gasteiger partial charge is 0.329 e. The Balaban J connectivity index is 2.21. The quantitative estimate of drug-likeness (QED) is 0.519. The van der Waals surface area contributed by atoms with Crippen LogP contribution in [0.5, 0.6) is 0 Å². The number of amides is 3. The van der Waals surface area contributed by atoms with Crippen LogP contribution in [0.1, 0.15) is 5.56 Å². The Morgan fingerprint density at radius 1 is 1.45 bits per heavy atom. The molecule has 0 aliphatic carbocycles. The molecule has 1 aliphatic rings. The number of nitrogens with one attached hydrogen (secondary N) is 1. The summed E-state index contributed by atoms with van der Waals surface area (Å²) in [5.74, 6) is -1.25. The molecule has 0 atom stereocenters. The topological polar surface area (TPSA) is 75.7 Å². The van der Waals surface area contributed by atoms with Crippen LogP contribution in [0.3, 0.4) is 0 Å². The molecule has 0 unspecified atom stereocenters. The molecule has 1 aromatic carbocycles. The van der Waals surface area contributed by atoms with Crippen LogP contribution in [-0.4, -0.2) is 36.5 Å². The van der Waals surface area contributed by atoms with E-state index in [-0.39, 0.29) is 5.70 Å². The summed E-state index contributed by atoms with van der Waals surface area (Å²) in [4.78, 5) is 35.5. The van der Waals surface area contributed by atoms with Gasteiger partial charge in [0.1, 0.15) is 12.2 Å². The minimum absolute atomic E-state index is 0.0844. The van der Waals surface area contributed by atoms with Gasteiger partial charge in [-0.15, -0.1) is 0 Å². The predicted octanol–water partition coefficient (Wildman–Crippen LogP) is 1.41. The van der Waals surface area contributed by atoms with Gasteiger partial charge in [0.25, 0.3) is 5.91 Å². The number of hydrogen-bond acceptors (Lipinski definition) is 4. The van der Waals surface area contributed by atoms with Gasteiger partial charge < -0.3 is 10.1 Å². The van der Waals surface area contributed by atoms with Gasteiger partial charge in [-0.1, -0.05) is 23.7 Å². The Morgan fingerprint density at radius 3 is 2.85 bits per heavy atom. The number of hydrogen-bond donors (Lipinski definition) is 1. The van der Waals surface area contributed by atoms with E-state index in [1.54, 1.807) is 24.3 Å². The lowest BCUT2D eigenvalue weighted by atomic mass is 10.2. The maximum atomic E-state index is 12.0. The molecular formula is C13H11ClN2O4. The molecule has 0 radical (unpaired) electrons. The summed E-state index contributed by atoms with van der Waals surface area (Å²) in [5, 5.41) is 2.92. The van der Waals surface area contributed by atoms with Crippen molar-refractivity contribution in [2.24, 2.45) is 0 Å². The van der Waals surface area contributed by atoms with Gasteiger partial charge in [0.2, 0.25) is 0 Å². The Kier molecular flexibility index (Phi) is 4.05. The fourth-order valence-corrected chi connectivity index (χ4v) is 1.87. The van der Waals surface area contributed by atoms with E-state index >= 15 is 0 Å². The number of imide groups is 1. The molecule has 0 saturated carbocycles. The average Bonchev–Trinajstić information content (AvgIpc) is 2.66. The number of benzene rings is 1. The predicted molar refractivity (Wildman–Crippen MR) is 71.7 cm³/mol. The zero-order valence-electron chi connectivity index (χ0n) is 10.6. The van der Waals surface area contributed by atoms with Crippen molar-refractivity contribution in [1.29, 1.82) is 0 Å². The summed E-state index contributed by atoms with van der Waals surface area (Å²) >= 11 is 5.84. The molecule has 1 fully saturated rings. The second kappa shape index (κ2) is 5.75. The van der Waals surface area contributed by atoms with Gasteiger partial charge in [0.15, 0.2) is 0 Å². The molecule has 104 valence electrons. The summed E-state index contributed by atoms with van der Waals surface area (Å²) in [5.41, 5.74) is 0.752. The Hall–Kier alpha value is -2.34. The number of ether oxygens (including phenoxy) is 1. The molecule has 20 heavy (non-hydrogen) atoms. The summed E-state index contributed by atoms with van der Waals surface area (Å²) < 4.78 is 4.43. The number of nitrogens with zero attached hydrogens (tertiary/aromatic N) is 1. The van der Waals surface area contributed by atoms with Gasteiger partial charge in [-0.25, -0.2) is 9.69 Å². The highest BCUT2D eigenvalue weighted by Gasteiger charge is 2.35. The van der Waals surface area contributed by atoms with Crippen LogP contribution >= 0.6 is 11.6 Å². The van der Waals surface area contributed by atoms with Crippen LogP contribution in [0.25, 0.3) is 6.08 Å². The highest BCUT2D eigenvalue weighted by atomic mass is 35.5. The minimum atomic E-state index is -0.669. The zero-order chi connectivity index (χ0) is 14.7. The van der Waals surface area contributed by atoms with Crippen molar-refractivity contribution in [3.8, 4) is 0 Å². The Labute approximate surface area is 120 Å². The molecule has 1 heterocycles. The number of rotatable bonds is 3. The Bertz CT molecular complexity index is 612. The molecule has 0 aromatic heterocycles. The van der Waals surface area contributed by atoms with E-state index < -0.39 is 24.5 Å². The highest BCUT2D eigenvalue weighted by Crippen LogP contribution is 2.16. The van der Waals surface area contributed by atoms with Crippen molar-refractivity contribution < 1.29 is 19.1 Å². The van der Waals surface area contributed by atoms with E-state index in [2.05, 4.69) is 10.1 Å². The van der Waals surface area contributed by atoms with Crippen molar-refractivity contribution in [2.45, 2.75) is 0 Å². The molecule has 0 spiro atoms. The number of carbonyl (C=O) groups excluding carboxylic acids is 3. The van der Waals surface area contributed by atoms with E-state index in [0.717, 1.165) is 4.90 Å². The molecule has 0 bridgehead atoms. The maximum absolute atomic E-state index is 12.0. The first-order chi connectivity index (χ1) is 9.51. The van der Waals surface area contributed by atoms with Gasteiger partial charge in [0, 0.05) is 5.02 Å². The first-order valence-electron chi connectivity index (χ1n) is 5.68. The highest BCUT2D eigenvalue weighted by molar-refractivity contribution is 6.30. The molecule has 1 aromatic rings. The first kappa shape index (κ1) is 14.1. The fraction of sp³-hybridized carbons (Fsp3) is 0.154. The third-order valence-corrected chi connectivity index (χ3v) is 2.87. The van der Waals surface area contributed by atoms with Crippen molar-refractivity contribution in [2.75, 3.05) is 13.7 Å². The first-order valence-corrected chi connectivity index (χ1v) is 6.06. The van der Waals surface area contributed by atoms with Crippen LogP contribution in [-0.2, 0) is 14.3 Å². The minimum Gasteiger partial charge on any atom is -0.468 e. The number of urea groups is 1. The van der Waals surface area contributed by atoms with Gasteiger partial charge in [-0.3, -0.25) is 9.59 Å². The molecule has 1 aliphatic heterocycles. The Morgan fingerprint density at radius 2 is 2.20 bits per heavy atom. The van der Waals surface area contributed by atoms with Gasteiger partial charge in [-0.2, -0.15) is 0 Å². The van der Waals surface area contributed by atoms with E-state index in [1.807, 2.05) is 0 Å². The number of carbonyl (C=O) groups is 3. The fourth-order valence-electron chi connectivity index (χ4n) is 1.67. The lowest BCUT2D eigenvalue weighted by Gasteiger charge is -2.08. The van der Waals surface area contributed by atoms with E-state index in [1.165, 1.54) is 13.2 Å². The zero-order valence-corrected chi connectivity index (χ0v) is 11.3. The average molecular weight is 295 g/mol. The standard InChI is InChI=1S/C13H11ClN2O4/c1-20-11(17)7-16-12(18)10(15-13(16)19)6-8-3-2-4-9(14)5-8/h2-6H,7H2,1H3,(H,15,19). The maximum Gasteiger partial charge on any atom is 0.329 e. The van der Waals surface area contributed by atoms with Crippen LogP contribution in [0.2, 0.25) is 5.02 Å². The largest absolute Gasteiger partial charge is 0.468 e. The van der Waals surface area contributed by atoms with Gasteiger partial charge in [-0.05, 0) is 23.8 Å². The second-order valence-corrected chi connectivity index (χ2v) is 4.45. The molecule has 2 rings (SSSR count). The van der Waals surface area contributed by atoms with E-state index in [0.29, 0.717) is 10.6 Å². The SMILES string of the molecule is COC(=O)CN1C(=O)NC(=Cc2cccc(Cl)c2)C1=O. The summed E-state index contributed by atoms with van der Waals surface area (Å²) in [6.45, 7) is -0.423. The van der Waals surface area contributed by atoms with E-state index in [4.69, 9.17) is 11.6 Å². The lowest BCUT2D eigenvalue weighted by Crippen LogP contribution is -2.36. The molecule has 1 saturated heterocycles. The van der Waals surface area contributed by atoms with Crippen LogP contribution in [0.15, 0.2) is 30.0 Å². The third-order valence-electron chi connectivity index (χ3n) is 2.64. The number of methoxy groups -OCH3 is 1. The third kappa shape index (κ3) is 2.97. The van der Waals surface area contributed by atoms with Gasteiger partial charge >= 0.3 is 12.0 Å². The molecular weight excluding hydrogens is 284 g/mol. The van der Waals surface area contributed by atoms with Crippen molar-refractivity contribution >= 4 is 35.6 Å². The molecule has 1 N–H and O–H groups in total. The van der Waals surface area contributed by atoms with Crippen molar-refractivity contribution in [1.82, 2.24) is 10.2 Å². The van der Waals surface area contributed by atoms with E-state index in [9.17, 15) is 14.4 Å². The number of esters is 1. The van der Waals surface area contributed by atoms with Crippen LogP contribution in [0.4, 0.5) is 4.79 Å². The number of halogens is 1. The molecule has 6 nitrogen and oxygen atoms in total.